The SMILES string of the molecule is c1cc(-c2ccncc2)nc(-n2c3ccccc3c3cc4ccsc4cc32)c1.c1ccc(-c2ccc(-n3c4ccccc4c4cc5ccsc5cc43)cn2)cc1.c1ccc(-c2cccc(-n3c4ccccc4c4cc5ccsc5cc43)n2)cc1.c1ccc(-c2ccnc(-n3c4ccccc4c4cc5ccsc5cc43)c2)cc1. The lowest BCUT2D eigenvalue weighted by Crippen LogP contribution is -1.98. The van der Waals surface area contributed by atoms with E-state index in [4.69, 9.17) is 19.9 Å². The van der Waals surface area contributed by atoms with Crippen LogP contribution in [-0.2, 0) is 0 Å². The van der Waals surface area contributed by atoms with Gasteiger partial charge in [-0.15, -0.1) is 45.3 Å². The Balaban J connectivity index is 0.0000000943. The third kappa shape index (κ3) is 11.9. The van der Waals surface area contributed by atoms with Gasteiger partial charge in [-0.05, 0) is 212 Å². The van der Waals surface area contributed by atoms with Crippen LogP contribution >= 0.6 is 45.3 Å². The fourth-order valence-corrected chi connectivity index (χ4v) is 19.1. The van der Waals surface area contributed by atoms with Crippen molar-refractivity contribution in [1.82, 2.24) is 43.2 Å². The zero-order chi connectivity index (χ0) is 74.0. The molecule has 0 amide bonds. The van der Waals surface area contributed by atoms with E-state index in [0.717, 1.165) is 56.9 Å². The predicted molar refractivity (Wildman–Crippen MR) is 475 cm³/mol. The zero-order valence-corrected chi connectivity index (χ0v) is 63.3. The van der Waals surface area contributed by atoms with Crippen molar-refractivity contribution in [2.24, 2.45) is 0 Å². The van der Waals surface area contributed by atoms with E-state index in [0.29, 0.717) is 0 Å². The summed E-state index contributed by atoms with van der Waals surface area (Å²) >= 11 is 7.13. The summed E-state index contributed by atoms with van der Waals surface area (Å²) in [5, 5.41) is 24.0. The zero-order valence-electron chi connectivity index (χ0n) is 60.0. The van der Waals surface area contributed by atoms with Gasteiger partial charge in [0.25, 0.3) is 0 Å². The maximum Gasteiger partial charge on any atom is 0.138 e. The number of hydrogen-bond acceptors (Lipinski definition) is 9. The summed E-state index contributed by atoms with van der Waals surface area (Å²) in [6.45, 7) is 0. The Bertz CT molecular complexity index is 7100. The molecule has 11 aromatic carbocycles. The van der Waals surface area contributed by atoms with Gasteiger partial charge in [0.1, 0.15) is 17.5 Å². The third-order valence-corrected chi connectivity index (χ3v) is 24.6. The molecule has 0 fully saturated rings. The van der Waals surface area contributed by atoms with E-state index in [9.17, 15) is 0 Å². The number of pyridine rings is 5. The van der Waals surface area contributed by atoms with Crippen LogP contribution in [0.15, 0.2) is 380 Å². The predicted octanol–water partition coefficient (Wildman–Crippen LogP) is 27.6. The van der Waals surface area contributed by atoms with Gasteiger partial charge in [-0.1, -0.05) is 176 Å². The van der Waals surface area contributed by atoms with Crippen molar-refractivity contribution in [1.29, 1.82) is 0 Å². The van der Waals surface area contributed by atoms with Crippen molar-refractivity contribution in [3.8, 4) is 68.0 Å². The second-order valence-corrected chi connectivity index (χ2v) is 31.4. The lowest BCUT2D eigenvalue weighted by Gasteiger charge is -2.09. The van der Waals surface area contributed by atoms with Gasteiger partial charge in [0.05, 0.1) is 73.1 Å². The van der Waals surface area contributed by atoms with Crippen LogP contribution in [0.3, 0.4) is 0 Å². The van der Waals surface area contributed by atoms with Crippen LogP contribution in [0.2, 0.25) is 0 Å². The van der Waals surface area contributed by atoms with E-state index in [1.165, 1.54) is 139 Å². The molecule has 0 spiro atoms. The quantitative estimate of drug-likeness (QED) is 0.151. The first-order valence-corrected chi connectivity index (χ1v) is 40.6. The number of thiophene rings is 4. The third-order valence-electron chi connectivity index (χ3n) is 21.1. The summed E-state index contributed by atoms with van der Waals surface area (Å²) < 4.78 is 14.4. The first-order chi connectivity index (χ1) is 55.5. The van der Waals surface area contributed by atoms with E-state index in [1.54, 1.807) is 57.7 Å². The van der Waals surface area contributed by atoms with Crippen LogP contribution in [0.1, 0.15) is 0 Å². The summed E-state index contributed by atoms with van der Waals surface area (Å²) in [6, 6.07) is 118. The van der Waals surface area contributed by atoms with E-state index >= 15 is 0 Å². The van der Waals surface area contributed by atoms with Crippen LogP contribution in [-0.4, -0.2) is 43.2 Å². The Morgan fingerprint density at radius 2 is 0.571 bits per heavy atom. The fraction of sp³-hybridized carbons (Fsp3) is 0. The molecule has 24 aromatic rings. The normalized spacial score (nSPS) is 11.6. The Morgan fingerprint density at radius 1 is 0.214 bits per heavy atom. The molecule has 13 heteroatoms. The average molecular weight is 1510 g/mol. The van der Waals surface area contributed by atoms with Gasteiger partial charge in [-0.2, -0.15) is 0 Å². The van der Waals surface area contributed by atoms with Crippen LogP contribution < -0.4 is 0 Å². The van der Waals surface area contributed by atoms with Crippen LogP contribution in [0.25, 0.3) is 196 Å². The smallest absolute Gasteiger partial charge is 0.138 e. The molecule has 0 saturated carbocycles. The summed E-state index contributed by atoms with van der Waals surface area (Å²) in [5.41, 5.74) is 19.3. The van der Waals surface area contributed by atoms with Crippen molar-refractivity contribution >= 4 is 173 Å². The molecule has 13 heterocycles. The van der Waals surface area contributed by atoms with Gasteiger partial charge in [-0.3, -0.25) is 23.7 Å². The Hall–Kier alpha value is -13.8. The van der Waals surface area contributed by atoms with Gasteiger partial charge in [-0.25, -0.2) is 15.0 Å². The lowest BCUT2D eigenvalue weighted by atomic mass is 10.1. The standard InChI is InChI=1S/3C25H16N2S.C24H15N3S/c1-2-7-17(8-3-1)21-10-6-12-25(26-21)27-22-11-5-4-9-19(22)20-15-18-13-14-28-24(18)16-23(20)27;1-2-6-17(7-3-1)18-10-12-26-25(15-18)27-22-9-5-4-8-20(22)21-14-19-11-13-28-24(19)16-23(21)27;1-2-6-17(7-3-1)22-11-10-19(16-26-22)27-23-9-5-4-8-20(23)21-14-18-12-13-28-25(18)15-24(21)27;1-2-6-21-18(4-1)19-14-17-10-13-28-23(17)15-22(19)27(21)24-7-3-5-20(26-24)16-8-11-25-12-9-16/h3*1-16H;1-15H. The first-order valence-electron chi connectivity index (χ1n) is 37.1. The molecular weight excluding hydrogens is 1440 g/mol. The molecule has 24 rings (SSSR count). The molecule has 0 saturated heterocycles. The van der Waals surface area contributed by atoms with Crippen molar-refractivity contribution in [3.05, 3.63) is 380 Å². The molecule has 13 aromatic heterocycles. The number of benzene rings is 11. The number of hydrogen-bond donors (Lipinski definition) is 0. The first kappa shape index (κ1) is 66.4. The van der Waals surface area contributed by atoms with Crippen LogP contribution in [0.4, 0.5) is 0 Å². The van der Waals surface area contributed by atoms with E-state index in [2.05, 4.69) is 330 Å². The molecule has 0 unspecified atom stereocenters. The molecular formula is C99H63N9S4. The highest BCUT2D eigenvalue weighted by Crippen LogP contribution is 2.42. The second-order valence-electron chi connectivity index (χ2n) is 27.6. The number of para-hydroxylation sites is 4. The lowest BCUT2D eigenvalue weighted by molar-refractivity contribution is 1.08. The fourth-order valence-electron chi connectivity index (χ4n) is 15.9. The van der Waals surface area contributed by atoms with Crippen molar-refractivity contribution in [2.75, 3.05) is 0 Å². The van der Waals surface area contributed by atoms with E-state index in [-0.39, 0.29) is 0 Å². The van der Waals surface area contributed by atoms with Crippen molar-refractivity contribution in [2.45, 2.75) is 0 Å². The second kappa shape index (κ2) is 28.3. The highest BCUT2D eigenvalue weighted by molar-refractivity contribution is 7.18. The number of aromatic nitrogens is 9. The summed E-state index contributed by atoms with van der Waals surface area (Å²) in [7, 11) is 0. The molecule has 0 N–H and O–H groups in total. The maximum absolute atomic E-state index is 5.02. The van der Waals surface area contributed by atoms with Gasteiger partial charge < -0.3 is 4.57 Å². The maximum atomic E-state index is 5.02. The molecule has 0 atom stereocenters. The monoisotopic (exact) mass is 1510 g/mol. The molecule has 112 heavy (non-hydrogen) atoms. The molecule has 0 aliphatic rings. The summed E-state index contributed by atoms with van der Waals surface area (Å²) in [4.78, 5) is 23.6. The largest absolute Gasteiger partial charge is 0.308 e. The minimum atomic E-state index is 0.927. The molecule has 0 radical (unpaired) electrons. The Labute approximate surface area is 659 Å². The van der Waals surface area contributed by atoms with E-state index in [1.807, 2.05) is 60.9 Å². The Morgan fingerprint density at radius 3 is 0.991 bits per heavy atom. The highest BCUT2D eigenvalue weighted by Gasteiger charge is 2.20. The Kier molecular flexibility index (Phi) is 16.8. The molecule has 0 aliphatic heterocycles. The van der Waals surface area contributed by atoms with Crippen LogP contribution in [0, 0.1) is 0 Å². The molecule has 9 nitrogen and oxygen atoms in total. The highest BCUT2D eigenvalue weighted by atomic mass is 32.1. The van der Waals surface area contributed by atoms with Crippen molar-refractivity contribution in [3.63, 3.8) is 0 Å². The van der Waals surface area contributed by atoms with Gasteiger partial charge >= 0.3 is 0 Å². The van der Waals surface area contributed by atoms with Crippen LogP contribution in [0.5, 0.6) is 0 Å². The number of rotatable bonds is 8. The van der Waals surface area contributed by atoms with Gasteiger partial charge in [0, 0.05) is 97.2 Å². The molecule has 528 valence electrons. The minimum Gasteiger partial charge on any atom is -0.308 e. The molecule has 0 bridgehead atoms. The summed E-state index contributed by atoms with van der Waals surface area (Å²) in [5.74, 6) is 2.82. The van der Waals surface area contributed by atoms with Crippen molar-refractivity contribution < 1.29 is 0 Å². The minimum absolute atomic E-state index is 0.927. The van der Waals surface area contributed by atoms with Gasteiger partial charge in [0.15, 0.2) is 0 Å². The van der Waals surface area contributed by atoms with E-state index < -0.39 is 0 Å². The molecule has 0 aliphatic carbocycles. The number of fused-ring (bicyclic) bond motifs is 16. The van der Waals surface area contributed by atoms with Gasteiger partial charge in [0.2, 0.25) is 0 Å². The topological polar surface area (TPSA) is 84.2 Å². The average Bonchev–Trinajstić information content (AvgIpc) is 1.60. The summed E-state index contributed by atoms with van der Waals surface area (Å²) in [6.07, 6.45) is 7.49. The number of nitrogens with zero attached hydrogens (tertiary/aromatic N) is 9.